The predicted molar refractivity (Wildman–Crippen MR) is 69.4 cm³/mol. The Balaban J connectivity index is 4.20. The molecular weight excluding hydrogens is 333 g/mol. The molecule has 23 heavy (non-hydrogen) atoms. The highest BCUT2D eigenvalue weighted by molar-refractivity contribution is 5.79. The van der Waals surface area contributed by atoms with Crippen molar-refractivity contribution in [2.45, 2.75) is 63.5 Å². The van der Waals surface area contributed by atoms with E-state index in [2.05, 4.69) is 4.74 Å². The van der Waals surface area contributed by atoms with Gasteiger partial charge in [0.05, 0.1) is 6.61 Å². The molecule has 0 amide bonds. The van der Waals surface area contributed by atoms with Crippen LogP contribution in [0.1, 0.15) is 45.4 Å². The molecule has 0 atom stereocenters. The number of unbranched alkanes of at least 4 members (excludes halogenated alkanes) is 4. The van der Waals surface area contributed by atoms with Crippen molar-refractivity contribution in [2.75, 3.05) is 6.61 Å². The number of carbonyl (C=O) groups is 1. The summed E-state index contributed by atoms with van der Waals surface area (Å²) in [6, 6.07) is 0. The molecule has 0 N–H and O–H groups in total. The molecule has 0 fully saturated rings. The van der Waals surface area contributed by atoms with Gasteiger partial charge in [-0.1, -0.05) is 31.9 Å². The third kappa shape index (κ3) is 6.39. The summed E-state index contributed by atoms with van der Waals surface area (Å²) in [6.07, 6.45) is 1.30. The number of hydrogen-bond donors (Lipinski definition) is 0. The monoisotopic (exact) mass is 352 g/mol. The third-order valence-corrected chi connectivity index (χ3v) is 2.90. The molecule has 0 spiro atoms. The second-order valence-electron chi connectivity index (χ2n) is 4.89. The summed E-state index contributed by atoms with van der Waals surface area (Å²) in [5.41, 5.74) is 0. The number of esters is 1. The highest BCUT2D eigenvalue weighted by atomic mass is 19.4. The van der Waals surface area contributed by atoms with Crippen LogP contribution in [0, 0.1) is 0 Å². The van der Waals surface area contributed by atoms with Crippen molar-refractivity contribution >= 4 is 5.97 Å². The van der Waals surface area contributed by atoms with Crippen LogP contribution in [-0.4, -0.2) is 30.6 Å². The van der Waals surface area contributed by atoms with Crippen molar-refractivity contribution < 1.29 is 40.3 Å². The zero-order valence-corrected chi connectivity index (χ0v) is 12.6. The largest absolute Gasteiger partial charge is 0.461 e. The minimum atomic E-state index is -6.54. The average molecular weight is 352 g/mol. The number of halogens is 7. The van der Waals surface area contributed by atoms with Crippen LogP contribution in [0.4, 0.5) is 30.7 Å². The SMILES string of the molecule is CCCCC/C=C\CCCOC(=O)C(F)(F)C(F)(F)C(F)(F)F. The fourth-order valence-electron chi connectivity index (χ4n) is 1.51. The third-order valence-electron chi connectivity index (χ3n) is 2.90. The number of hydrogen-bond acceptors (Lipinski definition) is 2. The summed E-state index contributed by atoms with van der Waals surface area (Å²) in [5.74, 6) is -15.3. The van der Waals surface area contributed by atoms with Gasteiger partial charge in [-0.05, 0) is 25.7 Å². The lowest BCUT2D eigenvalue weighted by Crippen LogP contribution is -2.56. The molecule has 0 bridgehead atoms. The van der Waals surface area contributed by atoms with Gasteiger partial charge in [-0.3, -0.25) is 0 Å². The van der Waals surface area contributed by atoms with Crippen LogP contribution in [-0.2, 0) is 9.53 Å². The number of carbonyl (C=O) groups excluding carboxylic acids is 1. The standard InChI is InChI=1S/C14H19F7O2/c1-2-3-4-5-6-7-8-9-10-23-11(22)12(15,16)13(17,18)14(19,20)21/h6-7H,2-5,8-10H2,1H3/b7-6-. The van der Waals surface area contributed by atoms with Gasteiger partial charge in [-0.2, -0.15) is 30.7 Å². The van der Waals surface area contributed by atoms with Crippen molar-refractivity contribution in [3.63, 3.8) is 0 Å². The van der Waals surface area contributed by atoms with E-state index in [0.717, 1.165) is 25.7 Å². The Bertz CT molecular complexity index is 389. The molecule has 0 heterocycles. The van der Waals surface area contributed by atoms with E-state index in [1.807, 2.05) is 13.0 Å². The first-order valence-electron chi connectivity index (χ1n) is 7.13. The Morgan fingerprint density at radius 1 is 0.913 bits per heavy atom. The van der Waals surface area contributed by atoms with Gasteiger partial charge in [0.15, 0.2) is 0 Å². The van der Waals surface area contributed by atoms with E-state index in [0.29, 0.717) is 6.42 Å². The van der Waals surface area contributed by atoms with Crippen LogP contribution >= 0.6 is 0 Å². The van der Waals surface area contributed by atoms with Gasteiger partial charge < -0.3 is 4.74 Å². The van der Waals surface area contributed by atoms with Gasteiger partial charge in [0.2, 0.25) is 0 Å². The maximum Gasteiger partial charge on any atom is 0.460 e. The van der Waals surface area contributed by atoms with Crippen LogP contribution in [0.3, 0.4) is 0 Å². The Labute approximate surface area is 129 Å². The summed E-state index contributed by atoms with van der Waals surface area (Å²) in [7, 11) is 0. The minimum absolute atomic E-state index is 0.0453. The molecule has 0 unspecified atom stereocenters. The van der Waals surface area contributed by atoms with Crippen molar-refractivity contribution in [3.8, 4) is 0 Å². The molecule has 0 saturated carbocycles. The van der Waals surface area contributed by atoms with Crippen molar-refractivity contribution in [3.05, 3.63) is 12.2 Å². The summed E-state index contributed by atoms with van der Waals surface area (Å²) in [6.45, 7) is 1.37. The molecule has 0 rings (SSSR count). The maximum atomic E-state index is 12.9. The summed E-state index contributed by atoms with van der Waals surface area (Å²) < 4.78 is 90.3. The molecule has 0 aromatic carbocycles. The van der Waals surface area contributed by atoms with Crippen LogP contribution in [0.15, 0.2) is 12.2 Å². The summed E-state index contributed by atoms with van der Waals surface area (Å²) in [5, 5.41) is 0. The topological polar surface area (TPSA) is 26.3 Å². The smallest absolute Gasteiger partial charge is 0.460 e. The molecule has 0 aromatic rings. The fourth-order valence-corrected chi connectivity index (χ4v) is 1.51. The number of allylic oxidation sites excluding steroid dienone is 2. The molecule has 136 valence electrons. The highest BCUT2D eigenvalue weighted by Crippen LogP contribution is 2.46. The van der Waals surface area contributed by atoms with Crippen molar-refractivity contribution in [1.29, 1.82) is 0 Å². The van der Waals surface area contributed by atoms with Crippen molar-refractivity contribution in [2.24, 2.45) is 0 Å². The second kappa shape index (κ2) is 9.12. The summed E-state index contributed by atoms with van der Waals surface area (Å²) in [4.78, 5) is 10.8. The molecule has 9 heteroatoms. The highest BCUT2D eigenvalue weighted by Gasteiger charge is 2.77. The van der Waals surface area contributed by atoms with E-state index in [-0.39, 0.29) is 6.42 Å². The van der Waals surface area contributed by atoms with Crippen LogP contribution < -0.4 is 0 Å². The molecule has 0 radical (unpaired) electrons. The fraction of sp³-hybridized carbons (Fsp3) is 0.786. The number of alkyl halides is 7. The van der Waals surface area contributed by atoms with Gasteiger partial charge in [-0.25, -0.2) is 4.79 Å². The molecule has 0 saturated heterocycles. The lowest BCUT2D eigenvalue weighted by Gasteiger charge is -2.26. The van der Waals surface area contributed by atoms with Gasteiger partial charge >= 0.3 is 24.0 Å². The van der Waals surface area contributed by atoms with Crippen molar-refractivity contribution in [1.82, 2.24) is 0 Å². The van der Waals surface area contributed by atoms with Crippen LogP contribution in [0.25, 0.3) is 0 Å². The Morgan fingerprint density at radius 2 is 1.43 bits per heavy atom. The van der Waals surface area contributed by atoms with Gasteiger partial charge in [0.25, 0.3) is 0 Å². The normalized spacial score (nSPS) is 13.6. The van der Waals surface area contributed by atoms with E-state index in [9.17, 15) is 35.5 Å². The maximum absolute atomic E-state index is 12.9. The Hall–Kier alpha value is -1.28. The van der Waals surface area contributed by atoms with E-state index < -0.39 is 30.6 Å². The average Bonchev–Trinajstić information content (AvgIpc) is 2.43. The van der Waals surface area contributed by atoms with E-state index in [1.165, 1.54) is 0 Å². The van der Waals surface area contributed by atoms with Gasteiger partial charge in [0.1, 0.15) is 0 Å². The quantitative estimate of drug-likeness (QED) is 0.231. The minimum Gasteiger partial charge on any atom is -0.461 e. The van der Waals surface area contributed by atoms with Gasteiger partial charge in [0, 0.05) is 0 Å². The first-order valence-corrected chi connectivity index (χ1v) is 7.13. The molecule has 0 aliphatic heterocycles. The molecule has 2 nitrogen and oxygen atoms in total. The Morgan fingerprint density at radius 3 is 1.91 bits per heavy atom. The van der Waals surface area contributed by atoms with E-state index in [1.54, 1.807) is 6.08 Å². The number of ether oxygens (including phenoxy) is 1. The molecule has 0 aliphatic rings. The van der Waals surface area contributed by atoms with Crippen LogP contribution in [0.2, 0.25) is 0 Å². The Kier molecular flexibility index (Phi) is 8.61. The van der Waals surface area contributed by atoms with Gasteiger partial charge in [-0.15, -0.1) is 0 Å². The predicted octanol–water partition coefficient (Wildman–Crippen LogP) is 5.28. The van der Waals surface area contributed by atoms with E-state index >= 15 is 0 Å². The molecular formula is C14H19F7O2. The molecule has 0 aromatic heterocycles. The van der Waals surface area contributed by atoms with Crippen LogP contribution in [0.5, 0.6) is 0 Å². The van der Waals surface area contributed by atoms with E-state index in [4.69, 9.17) is 0 Å². The zero-order chi connectivity index (χ0) is 18.1. The zero-order valence-electron chi connectivity index (χ0n) is 12.6. The first kappa shape index (κ1) is 21.7. The lowest BCUT2D eigenvalue weighted by molar-refractivity contribution is -0.348. The summed E-state index contributed by atoms with van der Waals surface area (Å²) >= 11 is 0. The lowest BCUT2D eigenvalue weighted by atomic mass is 10.1. The number of rotatable bonds is 10. The molecule has 0 aliphatic carbocycles. The first-order chi connectivity index (χ1) is 10.5. The second-order valence-corrected chi connectivity index (χ2v) is 4.89.